The summed E-state index contributed by atoms with van der Waals surface area (Å²) < 4.78 is 11.2. The highest BCUT2D eigenvalue weighted by atomic mass is 16.5. The van der Waals surface area contributed by atoms with Crippen LogP contribution in [-0.4, -0.2) is 55.7 Å². The minimum atomic E-state index is 0.0223. The lowest BCUT2D eigenvalue weighted by Gasteiger charge is -2.35. The third kappa shape index (κ3) is 4.70. The third-order valence-electron chi connectivity index (χ3n) is 4.71. The van der Waals surface area contributed by atoms with Crippen LogP contribution in [0.2, 0.25) is 0 Å². The summed E-state index contributed by atoms with van der Waals surface area (Å²) >= 11 is 0. The normalized spacial score (nSPS) is 14.1. The zero-order valence-corrected chi connectivity index (χ0v) is 16.1. The average Bonchev–Trinajstić information content (AvgIpc) is 2.74. The van der Waals surface area contributed by atoms with E-state index in [1.165, 1.54) is 0 Å². The van der Waals surface area contributed by atoms with Crippen molar-refractivity contribution < 1.29 is 14.3 Å². The lowest BCUT2D eigenvalue weighted by molar-refractivity contribution is 0.0746. The van der Waals surface area contributed by atoms with Gasteiger partial charge in [0.25, 0.3) is 5.91 Å². The van der Waals surface area contributed by atoms with Crippen LogP contribution in [0.15, 0.2) is 42.6 Å². The summed E-state index contributed by atoms with van der Waals surface area (Å²) in [4.78, 5) is 21.3. The van der Waals surface area contributed by atoms with Crippen LogP contribution >= 0.6 is 0 Å². The highest BCUT2D eigenvalue weighted by molar-refractivity contribution is 5.95. The summed E-state index contributed by atoms with van der Waals surface area (Å²) in [7, 11) is 1.60. The number of pyridine rings is 1. The molecule has 0 bridgehead atoms. The predicted molar refractivity (Wildman–Crippen MR) is 106 cm³/mol. The van der Waals surface area contributed by atoms with Crippen molar-refractivity contribution in [3.05, 3.63) is 48.2 Å². The lowest BCUT2D eigenvalue weighted by atomic mass is 10.1. The van der Waals surface area contributed by atoms with Crippen molar-refractivity contribution in [2.45, 2.75) is 19.8 Å². The smallest absolute Gasteiger partial charge is 0.254 e. The highest BCUT2D eigenvalue weighted by Gasteiger charge is 2.23. The maximum atomic E-state index is 12.9. The molecule has 27 heavy (non-hydrogen) atoms. The number of unbranched alkanes of at least 4 members (excludes halogenated alkanes) is 1. The van der Waals surface area contributed by atoms with Crippen molar-refractivity contribution >= 4 is 11.7 Å². The van der Waals surface area contributed by atoms with Crippen LogP contribution in [-0.2, 0) is 0 Å². The van der Waals surface area contributed by atoms with Gasteiger partial charge in [0.05, 0.1) is 13.7 Å². The third-order valence-corrected chi connectivity index (χ3v) is 4.71. The van der Waals surface area contributed by atoms with Crippen LogP contribution in [0.1, 0.15) is 30.1 Å². The van der Waals surface area contributed by atoms with E-state index in [1.54, 1.807) is 19.4 Å². The zero-order valence-electron chi connectivity index (χ0n) is 16.1. The molecule has 2 heterocycles. The molecule has 0 N–H and O–H groups in total. The number of amides is 1. The van der Waals surface area contributed by atoms with Crippen molar-refractivity contribution in [1.29, 1.82) is 0 Å². The molecule has 144 valence electrons. The minimum absolute atomic E-state index is 0.0223. The number of benzene rings is 1. The summed E-state index contributed by atoms with van der Waals surface area (Å²) in [5.74, 6) is 2.26. The topological polar surface area (TPSA) is 54.9 Å². The number of carbonyl (C=O) groups excluding carboxylic acids is 1. The predicted octanol–water partition coefficient (Wildman–Crippen LogP) is 3.23. The number of methoxy groups -OCH3 is 1. The SMILES string of the molecule is CCCCOc1ccc(C(=O)N2CCN(c3ccccn3)CC2)cc1OC. The van der Waals surface area contributed by atoms with E-state index in [2.05, 4.69) is 16.8 Å². The molecule has 1 amide bonds. The van der Waals surface area contributed by atoms with Gasteiger partial charge < -0.3 is 19.3 Å². The van der Waals surface area contributed by atoms with Gasteiger partial charge in [0.1, 0.15) is 5.82 Å². The van der Waals surface area contributed by atoms with E-state index in [-0.39, 0.29) is 5.91 Å². The van der Waals surface area contributed by atoms with Crippen LogP contribution in [0.5, 0.6) is 11.5 Å². The molecule has 6 heteroatoms. The second-order valence-electron chi connectivity index (χ2n) is 6.53. The van der Waals surface area contributed by atoms with E-state index >= 15 is 0 Å². The van der Waals surface area contributed by atoms with Gasteiger partial charge in [0.2, 0.25) is 0 Å². The zero-order chi connectivity index (χ0) is 19.1. The number of hydrogen-bond donors (Lipinski definition) is 0. The first-order chi connectivity index (χ1) is 13.2. The van der Waals surface area contributed by atoms with E-state index in [0.717, 1.165) is 31.7 Å². The molecule has 0 radical (unpaired) electrons. The molecule has 1 aliphatic heterocycles. The minimum Gasteiger partial charge on any atom is -0.493 e. The number of nitrogens with zero attached hydrogens (tertiary/aromatic N) is 3. The molecule has 1 fully saturated rings. The Hall–Kier alpha value is -2.76. The van der Waals surface area contributed by atoms with Crippen molar-refractivity contribution in [3.8, 4) is 11.5 Å². The van der Waals surface area contributed by atoms with E-state index < -0.39 is 0 Å². The van der Waals surface area contributed by atoms with Gasteiger partial charge in [-0.05, 0) is 36.8 Å². The molecule has 1 aromatic heterocycles. The van der Waals surface area contributed by atoms with Crippen LogP contribution < -0.4 is 14.4 Å². The monoisotopic (exact) mass is 369 g/mol. The molecule has 0 aliphatic carbocycles. The summed E-state index contributed by atoms with van der Waals surface area (Å²) in [5.41, 5.74) is 0.626. The second kappa shape index (κ2) is 9.26. The summed E-state index contributed by atoms with van der Waals surface area (Å²) in [5, 5.41) is 0. The van der Waals surface area contributed by atoms with E-state index in [0.29, 0.717) is 36.8 Å². The van der Waals surface area contributed by atoms with Gasteiger partial charge >= 0.3 is 0 Å². The molecule has 1 aliphatic rings. The summed E-state index contributed by atoms with van der Waals surface area (Å²) in [6, 6.07) is 11.3. The molecule has 0 spiro atoms. The molecule has 1 aromatic carbocycles. The summed E-state index contributed by atoms with van der Waals surface area (Å²) in [6.07, 6.45) is 3.86. The highest BCUT2D eigenvalue weighted by Crippen LogP contribution is 2.29. The van der Waals surface area contributed by atoms with Gasteiger partial charge in [-0.3, -0.25) is 4.79 Å². The molecule has 2 aromatic rings. The molecule has 0 saturated carbocycles. The summed E-state index contributed by atoms with van der Waals surface area (Å²) in [6.45, 7) is 5.67. The first kappa shape index (κ1) is 19.0. The number of piperazine rings is 1. The van der Waals surface area contributed by atoms with Crippen molar-refractivity contribution in [2.24, 2.45) is 0 Å². The molecular formula is C21H27N3O3. The maximum absolute atomic E-state index is 12.9. The van der Waals surface area contributed by atoms with Gasteiger partial charge in [-0.2, -0.15) is 0 Å². The largest absolute Gasteiger partial charge is 0.493 e. The Balaban J connectivity index is 1.62. The van der Waals surface area contributed by atoms with Crippen LogP contribution in [0.25, 0.3) is 0 Å². The Kier molecular flexibility index (Phi) is 6.52. The number of hydrogen-bond acceptors (Lipinski definition) is 5. The van der Waals surface area contributed by atoms with E-state index in [4.69, 9.17) is 9.47 Å². The Morgan fingerprint density at radius 1 is 1.11 bits per heavy atom. The number of ether oxygens (including phenoxy) is 2. The molecule has 0 unspecified atom stereocenters. The Bertz CT molecular complexity index is 744. The van der Waals surface area contributed by atoms with Gasteiger partial charge in [0.15, 0.2) is 11.5 Å². The number of aromatic nitrogens is 1. The second-order valence-corrected chi connectivity index (χ2v) is 6.53. The Morgan fingerprint density at radius 2 is 1.93 bits per heavy atom. The number of anilines is 1. The fourth-order valence-electron chi connectivity index (χ4n) is 3.11. The molecule has 3 rings (SSSR count). The Morgan fingerprint density at radius 3 is 2.59 bits per heavy atom. The fraction of sp³-hybridized carbons (Fsp3) is 0.429. The van der Waals surface area contributed by atoms with Gasteiger partial charge in [-0.25, -0.2) is 4.98 Å². The van der Waals surface area contributed by atoms with Gasteiger partial charge in [-0.1, -0.05) is 19.4 Å². The van der Waals surface area contributed by atoms with Crippen LogP contribution in [0.4, 0.5) is 5.82 Å². The quantitative estimate of drug-likeness (QED) is 0.702. The fourth-order valence-corrected chi connectivity index (χ4v) is 3.11. The van der Waals surface area contributed by atoms with Crippen molar-refractivity contribution in [2.75, 3.05) is 44.8 Å². The number of rotatable bonds is 7. The maximum Gasteiger partial charge on any atom is 0.254 e. The first-order valence-electron chi connectivity index (χ1n) is 9.49. The van der Waals surface area contributed by atoms with Crippen LogP contribution in [0.3, 0.4) is 0 Å². The molecule has 6 nitrogen and oxygen atoms in total. The molecular weight excluding hydrogens is 342 g/mol. The molecule has 0 atom stereocenters. The van der Waals surface area contributed by atoms with Crippen molar-refractivity contribution in [1.82, 2.24) is 9.88 Å². The molecule has 1 saturated heterocycles. The first-order valence-corrected chi connectivity index (χ1v) is 9.49. The van der Waals surface area contributed by atoms with E-state index in [1.807, 2.05) is 35.2 Å². The standard InChI is InChI=1S/C21H27N3O3/c1-3-4-15-27-18-9-8-17(16-19(18)26-2)21(25)24-13-11-23(12-14-24)20-7-5-6-10-22-20/h5-10,16H,3-4,11-15H2,1-2H3. The van der Waals surface area contributed by atoms with Crippen molar-refractivity contribution in [3.63, 3.8) is 0 Å². The van der Waals surface area contributed by atoms with Crippen LogP contribution in [0, 0.1) is 0 Å². The van der Waals surface area contributed by atoms with E-state index in [9.17, 15) is 4.79 Å². The van der Waals surface area contributed by atoms with Gasteiger partial charge in [0, 0.05) is 37.9 Å². The Labute approximate surface area is 160 Å². The average molecular weight is 369 g/mol. The van der Waals surface area contributed by atoms with Gasteiger partial charge in [-0.15, -0.1) is 0 Å². The lowest BCUT2D eigenvalue weighted by Crippen LogP contribution is -2.49. The number of carbonyl (C=O) groups is 1.